The molecule has 1 heterocycles. The summed E-state index contributed by atoms with van der Waals surface area (Å²) in [5.41, 5.74) is 7.50. The highest BCUT2D eigenvalue weighted by Crippen LogP contribution is 2.24. The number of nitriles is 1. The van der Waals surface area contributed by atoms with E-state index in [1.807, 2.05) is 24.3 Å². The molecule has 3 nitrogen and oxygen atoms in total. The van der Waals surface area contributed by atoms with Gasteiger partial charge in [-0.2, -0.15) is 5.26 Å². The second-order valence-electron chi connectivity index (χ2n) is 2.86. The van der Waals surface area contributed by atoms with Crippen LogP contribution >= 0.6 is 15.9 Å². The zero-order valence-corrected chi connectivity index (χ0v) is 8.75. The van der Waals surface area contributed by atoms with Gasteiger partial charge in [-0.3, -0.25) is 4.98 Å². The van der Waals surface area contributed by atoms with Gasteiger partial charge in [-0.05, 0) is 18.2 Å². The molecule has 2 N–H and O–H groups in total. The summed E-state index contributed by atoms with van der Waals surface area (Å²) in [4.78, 5) is 4.14. The molecular formula is C10H6BrN3. The van der Waals surface area contributed by atoms with E-state index in [2.05, 4.69) is 20.9 Å². The number of nitrogens with zero attached hydrogens (tertiary/aromatic N) is 2. The summed E-state index contributed by atoms with van der Waals surface area (Å²) in [6, 6.07) is 7.60. The Morgan fingerprint density at radius 2 is 2.21 bits per heavy atom. The van der Waals surface area contributed by atoms with E-state index < -0.39 is 0 Å². The second-order valence-corrected chi connectivity index (χ2v) is 3.77. The van der Waals surface area contributed by atoms with E-state index in [-0.39, 0.29) is 0 Å². The molecule has 2 rings (SSSR count). The topological polar surface area (TPSA) is 62.7 Å². The summed E-state index contributed by atoms with van der Waals surface area (Å²) in [7, 11) is 0. The second kappa shape index (κ2) is 3.28. The Labute approximate surface area is 89.3 Å². The largest absolute Gasteiger partial charge is 0.397 e. The quantitative estimate of drug-likeness (QED) is 0.778. The van der Waals surface area contributed by atoms with Crippen LogP contribution in [0.1, 0.15) is 5.56 Å². The fourth-order valence-corrected chi connectivity index (χ4v) is 1.63. The third-order valence-electron chi connectivity index (χ3n) is 1.99. The molecule has 0 spiro atoms. The molecule has 68 valence electrons. The van der Waals surface area contributed by atoms with E-state index >= 15 is 0 Å². The number of nitrogen functional groups attached to an aromatic ring is 1. The van der Waals surface area contributed by atoms with Crippen LogP contribution < -0.4 is 5.73 Å². The van der Waals surface area contributed by atoms with Crippen molar-refractivity contribution in [2.24, 2.45) is 0 Å². The summed E-state index contributed by atoms with van der Waals surface area (Å²) in [5.74, 6) is 0. The van der Waals surface area contributed by atoms with Crippen molar-refractivity contribution in [2.75, 3.05) is 5.73 Å². The van der Waals surface area contributed by atoms with Crippen molar-refractivity contribution < 1.29 is 0 Å². The Morgan fingerprint density at radius 1 is 1.43 bits per heavy atom. The van der Waals surface area contributed by atoms with Crippen LogP contribution in [-0.2, 0) is 0 Å². The van der Waals surface area contributed by atoms with Crippen molar-refractivity contribution in [3.63, 3.8) is 0 Å². The van der Waals surface area contributed by atoms with Crippen LogP contribution in [0, 0.1) is 11.3 Å². The lowest BCUT2D eigenvalue weighted by molar-refractivity contribution is 1.37. The zero-order chi connectivity index (χ0) is 10.1. The number of nitrogens with two attached hydrogens (primary N) is 1. The number of hydrogen-bond acceptors (Lipinski definition) is 3. The van der Waals surface area contributed by atoms with Crippen molar-refractivity contribution in [1.29, 1.82) is 5.26 Å². The summed E-state index contributed by atoms with van der Waals surface area (Å²) in [6.45, 7) is 0. The number of halogens is 1. The van der Waals surface area contributed by atoms with Crippen molar-refractivity contribution >= 4 is 32.5 Å². The van der Waals surface area contributed by atoms with Gasteiger partial charge in [0.05, 0.1) is 16.8 Å². The number of benzene rings is 1. The molecule has 2 aromatic rings. The number of aromatic nitrogens is 1. The zero-order valence-electron chi connectivity index (χ0n) is 7.16. The molecule has 1 aromatic heterocycles. The normalized spacial score (nSPS) is 10.0. The first-order chi connectivity index (χ1) is 6.72. The maximum absolute atomic E-state index is 8.75. The monoisotopic (exact) mass is 247 g/mol. The van der Waals surface area contributed by atoms with Crippen LogP contribution in [0.25, 0.3) is 10.9 Å². The van der Waals surface area contributed by atoms with Crippen LogP contribution in [0.5, 0.6) is 0 Å². The van der Waals surface area contributed by atoms with Crippen LogP contribution in [0.15, 0.2) is 28.9 Å². The first-order valence-electron chi connectivity index (χ1n) is 3.96. The fourth-order valence-electron chi connectivity index (χ4n) is 1.28. The minimum atomic E-state index is 0.417. The third kappa shape index (κ3) is 1.32. The van der Waals surface area contributed by atoms with Crippen molar-refractivity contribution in [2.45, 2.75) is 0 Å². The summed E-state index contributed by atoms with van der Waals surface area (Å²) in [5, 5.41) is 9.57. The summed E-state index contributed by atoms with van der Waals surface area (Å²) >= 11 is 3.35. The smallest absolute Gasteiger partial charge is 0.103 e. The number of rotatable bonds is 0. The summed E-state index contributed by atoms with van der Waals surface area (Å²) < 4.78 is 0.946. The molecule has 0 fully saturated rings. The minimum absolute atomic E-state index is 0.417. The van der Waals surface area contributed by atoms with Crippen molar-refractivity contribution in [3.8, 4) is 6.07 Å². The first-order valence-corrected chi connectivity index (χ1v) is 4.75. The van der Waals surface area contributed by atoms with Gasteiger partial charge in [0.15, 0.2) is 0 Å². The SMILES string of the molecule is N#Cc1cnc2cc(Br)ccc2c1N. The summed E-state index contributed by atoms with van der Waals surface area (Å²) in [6.07, 6.45) is 1.49. The maximum Gasteiger partial charge on any atom is 0.103 e. The van der Waals surface area contributed by atoms with E-state index in [1.54, 1.807) is 0 Å². The number of fused-ring (bicyclic) bond motifs is 1. The van der Waals surface area contributed by atoms with Crippen LogP contribution in [0.4, 0.5) is 5.69 Å². The Balaban J connectivity index is 2.85. The van der Waals surface area contributed by atoms with Crippen molar-refractivity contribution in [1.82, 2.24) is 4.98 Å². The Kier molecular flexibility index (Phi) is 2.10. The molecule has 0 radical (unpaired) electrons. The van der Waals surface area contributed by atoms with Gasteiger partial charge in [0.1, 0.15) is 6.07 Å². The molecule has 0 aliphatic heterocycles. The molecule has 0 saturated carbocycles. The van der Waals surface area contributed by atoms with Crippen LogP contribution in [0.2, 0.25) is 0 Å². The number of pyridine rings is 1. The average Bonchev–Trinajstić information content (AvgIpc) is 2.18. The van der Waals surface area contributed by atoms with Gasteiger partial charge in [-0.15, -0.1) is 0 Å². The standard InChI is InChI=1S/C10H6BrN3/c11-7-1-2-8-9(3-7)14-5-6(4-12)10(8)13/h1-3,5H,(H2,13,14). The van der Waals surface area contributed by atoms with Gasteiger partial charge >= 0.3 is 0 Å². The Bertz CT molecular complexity index is 543. The van der Waals surface area contributed by atoms with Crippen molar-refractivity contribution in [3.05, 3.63) is 34.4 Å². The molecule has 0 saturated heterocycles. The van der Waals surface area contributed by atoms with E-state index in [9.17, 15) is 0 Å². The van der Waals surface area contributed by atoms with Gasteiger partial charge in [-0.25, -0.2) is 0 Å². The highest BCUT2D eigenvalue weighted by atomic mass is 79.9. The highest BCUT2D eigenvalue weighted by molar-refractivity contribution is 9.10. The molecule has 4 heteroatoms. The number of anilines is 1. The van der Waals surface area contributed by atoms with Crippen LogP contribution in [-0.4, -0.2) is 4.98 Å². The predicted octanol–water partition coefficient (Wildman–Crippen LogP) is 2.45. The molecule has 0 aliphatic carbocycles. The minimum Gasteiger partial charge on any atom is -0.397 e. The lowest BCUT2D eigenvalue weighted by atomic mass is 10.1. The average molecular weight is 248 g/mol. The van der Waals surface area contributed by atoms with E-state index in [0.717, 1.165) is 15.4 Å². The molecule has 0 unspecified atom stereocenters. The lowest BCUT2D eigenvalue weighted by Gasteiger charge is -2.02. The molecule has 0 aliphatic rings. The van der Waals surface area contributed by atoms with Crippen LogP contribution in [0.3, 0.4) is 0 Å². The lowest BCUT2D eigenvalue weighted by Crippen LogP contribution is -1.93. The maximum atomic E-state index is 8.75. The number of hydrogen-bond donors (Lipinski definition) is 1. The first kappa shape index (κ1) is 8.97. The highest BCUT2D eigenvalue weighted by Gasteiger charge is 2.04. The van der Waals surface area contributed by atoms with Gasteiger partial charge in [0.2, 0.25) is 0 Å². The Morgan fingerprint density at radius 3 is 2.93 bits per heavy atom. The fraction of sp³-hybridized carbons (Fsp3) is 0. The van der Waals surface area contributed by atoms with Gasteiger partial charge in [0, 0.05) is 16.1 Å². The predicted molar refractivity (Wildman–Crippen MR) is 58.6 cm³/mol. The van der Waals surface area contributed by atoms with Gasteiger partial charge < -0.3 is 5.73 Å². The van der Waals surface area contributed by atoms with Gasteiger partial charge in [-0.1, -0.05) is 15.9 Å². The molecule has 1 aromatic carbocycles. The molecule has 0 bridgehead atoms. The molecule has 0 atom stereocenters. The van der Waals surface area contributed by atoms with E-state index in [4.69, 9.17) is 11.0 Å². The Hall–Kier alpha value is -1.60. The molecule has 14 heavy (non-hydrogen) atoms. The van der Waals surface area contributed by atoms with E-state index in [0.29, 0.717) is 11.3 Å². The van der Waals surface area contributed by atoms with Gasteiger partial charge in [0.25, 0.3) is 0 Å². The third-order valence-corrected chi connectivity index (χ3v) is 2.49. The van der Waals surface area contributed by atoms with E-state index in [1.165, 1.54) is 6.20 Å². The molecular weight excluding hydrogens is 242 g/mol. The molecule has 0 amide bonds.